The van der Waals surface area contributed by atoms with Gasteiger partial charge in [-0.1, -0.05) is 13.0 Å². The highest BCUT2D eigenvalue weighted by atomic mass is 16.5. The zero-order valence-corrected chi connectivity index (χ0v) is 15.1. The van der Waals surface area contributed by atoms with Crippen molar-refractivity contribution in [3.05, 3.63) is 59.2 Å². The Labute approximate surface area is 149 Å². The number of hydrogen-bond donors (Lipinski definition) is 1. The van der Waals surface area contributed by atoms with Gasteiger partial charge < -0.3 is 10.1 Å². The molecule has 0 aliphatic carbocycles. The normalized spacial score (nSPS) is 10.4. The smallest absolute Gasteiger partial charge is 0.224 e. The number of benzene rings is 2. The van der Waals surface area contributed by atoms with Gasteiger partial charge in [0.25, 0.3) is 0 Å². The van der Waals surface area contributed by atoms with Gasteiger partial charge in [-0.25, -0.2) is 0 Å². The molecule has 4 heteroatoms. The molecule has 4 nitrogen and oxygen atoms in total. The Hall–Kier alpha value is -2.62. The summed E-state index contributed by atoms with van der Waals surface area (Å²) in [6.07, 6.45) is 1.29. The summed E-state index contributed by atoms with van der Waals surface area (Å²) in [6.45, 7) is 6.73. The minimum atomic E-state index is -0.153. The Balaban J connectivity index is 1.84. The summed E-state index contributed by atoms with van der Waals surface area (Å²) >= 11 is 0. The van der Waals surface area contributed by atoms with Gasteiger partial charge >= 0.3 is 0 Å². The van der Waals surface area contributed by atoms with E-state index in [2.05, 4.69) is 5.32 Å². The van der Waals surface area contributed by atoms with Crippen molar-refractivity contribution in [1.29, 1.82) is 0 Å². The molecule has 0 aliphatic rings. The molecule has 132 valence electrons. The van der Waals surface area contributed by atoms with Crippen LogP contribution in [0.5, 0.6) is 5.75 Å². The zero-order chi connectivity index (χ0) is 18.2. The van der Waals surface area contributed by atoms with Crippen LogP contribution >= 0.6 is 0 Å². The van der Waals surface area contributed by atoms with Gasteiger partial charge in [-0.2, -0.15) is 0 Å². The molecule has 2 aromatic carbocycles. The summed E-state index contributed by atoms with van der Waals surface area (Å²) in [5.74, 6) is 0.558. The maximum atomic E-state index is 12.2. The van der Waals surface area contributed by atoms with Crippen molar-refractivity contribution in [3.63, 3.8) is 0 Å². The lowest BCUT2D eigenvalue weighted by molar-refractivity contribution is -0.116. The quantitative estimate of drug-likeness (QED) is 0.710. The lowest BCUT2D eigenvalue weighted by Crippen LogP contribution is -2.13. The second kappa shape index (κ2) is 9.02. The number of ether oxygens (including phenoxy) is 1. The Kier molecular flexibility index (Phi) is 6.75. The van der Waals surface area contributed by atoms with Gasteiger partial charge in [0.05, 0.1) is 6.61 Å². The Morgan fingerprint density at radius 3 is 2.32 bits per heavy atom. The number of aryl methyl sites for hydroxylation is 2. The summed E-state index contributed by atoms with van der Waals surface area (Å²) in [6, 6.07) is 12.8. The number of amides is 1. The third-order valence-electron chi connectivity index (χ3n) is 4.02. The first-order chi connectivity index (χ1) is 12.0. The number of anilines is 1. The minimum Gasteiger partial charge on any atom is -0.494 e. The number of hydrogen-bond acceptors (Lipinski definition) is 3. The first-order valence-corrected chi connectivity index (χ1v) is 8.62. The average Bonchev–Trinajstić information content (AvgIpc) is 2.61. The van der Waals surface area contributed by atoms with E-state index < -0.39 is 0 Å². The van der Waals surface area contributed by atoms with Crippen LogP contribution in [-0.2, 0) is 4.79 Å². The third-order valence-corrected chi connectivity index (χ3v) is 4.02. The van der Waals surface area contributed by atoms with Crippen molar-refractivity contribution in [1.82, 2.24) is 0 Å². The van der Waals surface area contributed by atoms with Crippen molar-refractivity contribution in [2.75, 3.05) is 11.9 Å². The Morgan fingerprint density at radius 1 is 0.960 bits per heavy atom. The van der Waals surface area contributed by atoms with Crippen LogP contribution in [0.25, 0.3) is 0 Å². The number of carbonyl (C=O) groups excluding carboxylic acids is 2. The maximum Gasteiger partial charge on any atom is 0.224 e. The van der Waals surface area contributed by atoms with E-state index in [-0.39, 0.29) is 24.5 Å². The largest absolute Gasteiger partial charge is 0.494 e. The highest BCUT2D eigenvalue weighted by Gasteiger charge is 2.10. The fraction of sp³-hybridized carbons (Fsp3) is 0.333. The van der Waals surface area contributed by atoms with E-state index in [9.17, 15) is 9.59 Å². The number of carbonyl (C=O) groups is 2. The van der Waals surface area contributed by atoms with Gasteiger partial charge in [-0.15, -0.1) is 0 Å². The third kappa shape index (κ3) is 5.75. The van der Waals surface area contributed by atoms with E-state index in [1.165, 1.54) is 5.56 Å². The van der Waals surface area contributed by atoms with E-state index in [0.29, 0.717) is 12.2 Å². The van der Waals surface area contributed by atoms with Crippen LogP contribution in [-0.4, -0.2) is 18.3 Å². The standard InChI is InChI=1S/C21H25NO3/c1-4-13-25-19-9-6-17(7-10-19)20(23)11-12-21(24)22-18-8-5-15(2)16(3)14-18/h5-10,14H,4,11-13H2,1-3H3,(H,22,24). The monoisotopic (exact) mass is 339 g/mol. The lowest BCUT2D eigenvalue weighted by atomic mass is 10.1. The maximum absolute atomic E-state index is 12.2. The molecule has 0 saturated carbocycles. The highest BCUT2D eigenvalue weighted by Crippen LogP contribution is 2.16. The second-order valence-electron chi connectivity index (χ2n) is 6.14. The van der Waals surface area contributed by atoms with Crippen LogP contribution in [0.1, 0.15) is 47.7 Å². The molecule has 0 fully saturated rings. The molecule has 0 atom stereocenters. The van der Waals surface area contributed by atoms with Crippen molar-refractivity contribution < 1.29 is 14.3 Å². The first-order valence-electron chi connectivity index (χ1n) is 8.62. The molecule has 0 aliphatic heterocycles. The second-order valence-corrected chi connectivity index (χ2v) is 6.14. The molecule has 0 spiro atoms. The van der Waals surface area contributed by atoms with Gasteiger partial charge in [-0.3, -0.25) is 9.59 Å². The van der Waals surface area contributed by atoms with Gasteiger partial charge in [0.1, 0.15) is 5.75 Å². The Morgan fingerprint density at radius 2 is 1.68 bits per heavy atom. The molecule has 2 rings (SSSR count). The Bertz CT molecular complexity index is 735. The molecular weight excluding hydrogens is 314 g/mol. The molecule has 0 saturated heterocycles. The molecule has 1 N–H and O–H groups in total. The molecular formula is C21H25NO3. The summed E-state index contributed by atoms with van der Waals surface area (Å²) in [5.41, 5.74) is 3.67. The minimum absolute atomic E-state index is 0.0442. The molecule has 2 aromatic rings. The molecule has 1 amide bonds. The first kappa shape index (κ1) is 18.7. The van der Waals surface area contributed by atoms with Crippen molar-refractivity contribution >= 4 is 17.4 Å². The zero-order valence-electron chi connectivity index (χ0n) is 15.1. The molecule has 0 heterocycles. The number of Topliss-reactive ketones (excluding diaryl/α,β-unsaturated/α-hetero) is 1. The summed E-state index contributed by atoms with van der Waals surface area (Å²) in [4.78, 5) is 24.2. The predicted molar refractivity (Wildman–Crippen MR) is 100 cm³/mol. The van der Waals surface area contributed by atoms with Crippen LogP contribution in [0.2, 0.25) is 0 Å². The van der Waals surface area contributed by atoms with Crippen molar-refractivity contribution in [2.45, 2.75) is 40.0 Å². The van der Waals surface area contributed by atoms with Gasteiger partial charge in [-0.05, 0) is 67.8 Å². The molecule has 0 unspecified atom stereocenters. The van der Waals surface area contributed by atoms with Crippen molar-refractivity contribution in [2.24, 2.45) is 0 Å². The molecule has 0 bridgehead atoms. The van der Waals surface area contributed by atoms with Gasteiger partial charge in [0.2, 0.25) is 5.91 Å². The number of rotatable bonds is 8. The fourth-order valence-electron chi connectivity index (χ4n) is 2.37. The van der Waals surface area contributed by atoms with Crippen LogP contribution in [0, 0.1) is 13.8 Å². The topological polar surface area (TPSA) is 55.4 Å². The average molecular weight is 339 g/mol. The van der Waals surface area contributed by atoms with Crippen LogP contribution in [0.3, 0.4) is 0 Å². The van der Waals surface area contributed by atoms with Crippen LogP contribution in [0.15, 0.2) is 42.5 Å². The van der Waals surface area contributed by atoms with Gasteiger partial charge in [0.15, 0.2) is 5.78 Å². The van der Waals surface area contributed by atoms with Crippen LogP contribution < -0.4 is 10.1 Å². The van der Waals surface area contributed by atoms with Gasteiger partial charge in [0, 0.05) is 24.1 Å². The fourth-order valence-corrected chi connectivity index (χ4v) is 2.37. The highest BCUT2D eigenvalue weighted by molar-refractivity contribution is 6.00. The number of ketones is 1. The van der Waals surface area contributed by atoms with E-state index in [4.69, 9.17) is 4.74 Å². The molecule has 0 radical (unpaired) electrons. The SMILES string of the molecule is CCCOc1ccc(C(=O)CCC(=O)Nc2ccc(C)c(C)c2)cc1. The van der Waals surface area contributed by atoms with E-state index in [1.54, 1.807) is 24.3 Å². The van der Waals surface area contributed by atoms with E-state index in [1.807, 2.05) is 39.0 Å². The van der Waals surface area contributed by atoms with E-state index >= 15 is 0 Å². The lowest BCUT2D eigenvalue weighted by Gasteiger charge is -2.08. The summed E-state index contributed by atoms with van der Waals surface area (Å²) in [7, 11) is 0. The number of nitrogens with one attached hydrogen (secondary N) is 1. The molecule has 0 aromatic heterocycles. The molecule has 25 heavy (non-hydrogen) atoms. The van der Waals surface area contributed by atoms with Crippen LogP contribution in [0.4, 0.5) is 5.69 Å². The summed E-state index contributed by atoms with van der Waals surface area (Å²) < 4.78 is 5.50. The summed E-state index contributed by atoms with van der Waals surface area (Å²) in [5, 5.41) is 2.84. The van der Waals surface area contributed by atoms with E-state index in [0.717, 1.165) is 23.4 Å². The van der Waals surface area contributed by atoms with Crippen molar-refractivity contribution in [3.8, 4) is 5.75 Å². The predicted octanol–water partition coefficient (Wildman–Crippen LogP) is 4.69.